The van der Waals surface area contributed by atoms with Crippen molar-refractivity contribution in [1.29, 1.82) is 0 Å². The van der Waals surface area contributed by atoms with Gasteiger partial charge in [0.1, 0.15) is 0 Å². The fraction of sp³-hybridized carbons (Fsp3) is 0.308. The molecule has 2 heteroatoms. The van der Waals surface area contributed by atoms with Gasteiger partial charge in [-0.25, -0.2) is 0 Å². The number of aryl methyl sites for hydroxylation is 2. The Hall–Kier alpha value is -1.08. The minimum absolute atomic E-state index is 0.731. The van der Waals surface area contributed by atoms with Gasteiger partial charge in [-0.1, -0.05) is 25.4 Å². The van der Waals surface area contributed by atoms with Gasteiger partial charge < -0.3 is 0 Å². The van der Waals surface area contributed by atoms with Gasteiger partial charge in [0, 0.05) is 11.6 Å². The van der Waals surface area contributed by atoms with Crippen molar-refractivity contribution in [3.05, 3.63) is 40.5 Å². The fourth-order valence-corrected chi connectivity index (χ4v) is 1.79. The van der Waals surface area contributed by atoms with Crippen LogP contribution in [0.5, 0.6) is 0 Å². The summed E-state index contributed by atoms with van der Waals surface area (Å²) in [5.41, 5.74) is 3.22. The number of hydrogen-bond acceptors (Lipinski definition) is 1. The Labute approximate surface area is 96.1 Å². The van der Waals surface area contributed by atoms with Crippen LogP contribution in [-0.4, -0.2) is 4.98 Å². The number of halogens is 1. The smallest absolute Gasteiger partial charge is 0.0888 e. The summed E-state index contributed by atoms with van der Waals surface area (Å²) < 4.78 is 0. The number of rotatable bonds is 0. The summed E-state index contributed by atoms with van der Waals surface area (Å²) in [6.45, 7) is 8.07. The SMILES string of the molecule is CC.Cc1cnc2c(Cl)cc(C)cc2c1. The van der Waals surface area contributed by atoms with Crippen molar-refractivity contribution in [3.8, 4) is 0 Å². The number of nitrogens with zero attached hydrogens (tertiary/aromatic N) is 1. The van der Waals surface area contributed by atoms with Crippen LogP contribution in [0, 0.1) is 13.8 Å². The van der Waals surface area contributed by atoms with E-state index in [2.05, 4.69) is 17.1 Å². The summed E-state index contributed by atoms with van der Waals surface area (Å²) in [5, 5.41) is 1.85. The van der Waals surface area contributed by atoms with Crippen LogP contribution < -0.4 is 0 Å². The van der Waals surface area contributed by atoms with E-state index in [-0.39, 0.29) is 0 Å². The second-order valence-corrected chi connectivity index (χ2v) is 3.74. The van der Waals surface area contributed by atoms with Crippen LogP contribution in [0.2, 0.25) is 5.02 Å². The van der Waals surface area contributed by atoms with E-state index in [1.165, 1.54) is 5.56 Å². The first-order valence-electron chi connectivity index (χ1n) is 5.19. The van der Waals surface area contributed by atoms with Crippen LogP contribution >= 0.6 is 11.6 Å². The van der Waals surface area contributed by atoms with Gasteiger partial charge in [0.15, 0.2) is 0 Å². The molecule has 1 nitrogen and oxygen atoms in total. The Morgan fingerprint density at radius 1 is 1.00 bits per heavy atom. The van der Waals surface area contributed by atoms with Crippen LogP contribution in [0.4, 0.5) is 0 Å². The van der Waals surface area contributed by atoms with E-state index < -0.39 is 0 Å². The number of fused-ring (bicyclic) bond motifs is 1. The zero-order chi connectivity index (χ0) is 11.4. The van der Waals surface area contributed by atoms with Crippen molar-refractivity contribution >= 4 is 22.5 Å². The highest BCUT2D eigenvalue weighted by Crippen LogP contribution is 2.23. The zero-order valence-electron chi connectivity index (χ0n) is 9.63. The average Bonchev–Trinajstić information content (AvgIpc) is 2.19. The first kappa shape index (κ1) is 12.0. The van der Waals surface area contributed by atoms with E-state index in [1.54, 1.807) is 0 Å². The maximum atomic E-state index is 6.05. The molecule has 0 spiro atoms. The Morgan fingerprint density at radius 2 is 1.60 bits per heavy atom. The molecule has 80 valence electrons. The summed E-state index contributed by atoms with van der Waals surface area (Å²) >= 11 is 6.05. The predicted octanol–water partition coefficient (Wildman–Crippen LogP) is 4.53. The van der Waals surface area contributed by atoms with Gasteiger partial charge in [0.2, 0.25) is 0 Å². The molecular formula is C13H16ClN. The van der Waals surface area contributed by atoms with E-state index in [1.807, 2.05) is 40.0 Å². The molecule has 1 aromatic carbocycles. The lowest BCUT2D eigenvalue weighted by atomic mass is 10.1. The van der Waals surface area contributed by atoms with Crippen molar-refractivity contribution in [2.24, 2.45) is 0 Å². The molecule has 1 heterocycles. The van der Waals surface area contributed by atoms with Gasteiger partial charge in [-0.15, -0.1) is 0 Å². The molecule has 0 saturated carbocycles. The van der Waals surface area contributed by atoms with Crippen LogP contribution in [0.1, 0.15) is 25.0 Å². The fourth-order valence-electron chi connectivity index (χ4n) is 1.46. The minimum Gasteiger partial charge on any atom is -0.254 e. The van der Waals surface area contributed by atoms with E-state index in [4.69, 9.17) is 11.6 Å². The molecular weight excluding hydrogens is 206 g/mol. The molecule has 0 N–H and O–H groups in total. The molecule has 2 aromatic rings. The van der Waals surface area contributed by atoms with Gasteiger partial charge in [-0.3, -0.25) is 4.98 Å². The molecule has 15 heavy (non-hydrogen) atoms. The summed E-state index contributed by atoms with van der Waals surface area (Å²) in [5.74, 6) is 0. The third-order valence-corrected chi connectivity index (χ3v) is 2.31. The first-order valence-corrected chi connectivity index (χ1v) is 5.57. The Balaban J connectivity index is 0.000000531. The number of pyridine rings is 1. The van der Waals surface area contributed by atoms with Gasteiger partial charge in [0.05, 0.1) is 10.5 Å². The van der Waals surface area contributed by atoms with E-state index in [0.29, 0.717) is 0 Å². The third kappa shape index (κ3) is 2.69. The van der Waals surface area contributed by atoms with Gasteiger partial charge in [-0.2, -0.15) is 0 Å². The molecule has 0 saturated heterocycles. The molecule has 0 aliphatic heterocycles. The predicted molar refractivity (Wildman–Crippen MR) is 67.6 cm³/mol. The Bertz CT molecular complexity index is 458. The normalized spacial score (nSPS) is 9.67. The lowest BCUT2D eigenvalue weighted by molar-refractivity contribution is 1.33. The average molecular weight is 222 g/mol. The maximum Gasteiger partial charge on any atom is 0.0888 e. The van der Waals surface area contributed by atoms with Crippen LogP contribution in [-0.2, 0) is 0 Å². The number of hydrogen-bond donors (Lipinski definition) is 0. The summed E-state index contributed by atoms with van der Waals surface area (Å²) in [7, 11) is 0. The highest BCUT2D eigenvalue weighted by atomic mass is 35.5. The topological polar surface area (TPSA) is 12.9 Å². The second-order valence-electron chi connectivity index (χ2n) is 3.33. The summed E-state index contributed by atoms with van der Waals surface area (Å²) in [6.07, 6.45) is 1.84. The maximum absolute atomic E-state index is 6.05. The monoisotopic (exact) mass is 221 g/mol. The molecule has 0 aliphatic carbocycles. The van der Waals surface area contributed by atoms with Crippen molar-refractivity contribution in [3.63, 3.8) is 0 Å². The summed E-state index contributed by atoms with van der Waals surface area (Å²) in [4.78, 5) is 4.29. The molecule has 0 amide bonds. The Morgan fingerprint density at radius 3 is 2.27 bits per heavy atom. The quantitative estimate of drug-likeness (QED) is 0.637. The Kier molecular flexibility index (Phi) is 4.10. The largest absolute Gasteiger partial charge is 0.254 e. The second kappa shape index (κ2) is 5.13. The highest BCUT2D eigenvalue weighted by Gasteiger charge is 2.01. The molecule has 1 aromatic heterocycles. The standard InChI is InChI=1S/C11H10ClN.C2H6/c1-7-3-9-4-8(2)6-13-11(9)10(12)5-7;1-2/h3-6H,1-2H3;1-2H3. The van der Waals surface area contributed by atoms with E-state index in [9.17, 15) is 0 Å². The lowest BCUT2D eigenvalue weighted by Gasteiger charge is -2.02. The minimum atomic E-state index is 0.731. The molecule has 0 atom stereocenters. The van der Waals surface area contributed by atoms with Crippen LogP contribution in [0.25, 0.3) is 10.9 Å². The van der Waals surface area contributed by atoms with Crippen molar-refractivity contribution in [1.82, 2.24) is 4.98 Å². The van der Waals surface area contributed by atoms with E-state index in [0.717, 1.165) is 21.5 Å². The van der Waals surface area contributed by atoms with Gasteiger partial charge in [0.25, 0.3) is 0 Å². The first-order chi connectivity index (χ1) is 7.16. The number of aromatic nitrogens is 1. The number of benzene rings is 1. The highest BCUT2D eigenvalue weighted by molar-refractivity contribution is 6.35. The molecule has 0 aliphatic rings. The molecule has 2 rings (SSSR count). The molecule has 0 fully saturated rings. The van der Waals surface area contributed by atoms with E-state index >= 15 is 0 Å². The summed E-state index contributed by atoms with van der Waals surface area (Å²) in [6, 6.07) is 6.13. The lowest BCUT2D eigenvalue weighted by Crippen LogP contribution is -1.83. The third-order valence-electron chi connectivity index (χ3n) is 2.02. The van der Waals surface area contributed by atoms with Gasteiger partial charge in [-0.05, 0) is 43.2 Å². The van der Waals surface area contributed by atoms with Crippen molar-refractivity contribution < 1.29 is 0 Å². The molecule has 0 bridgehead atoms. The van der Waals surface area contributed by atoms with Gasteiger partial charge >= 0.3 is 0 Å². The zero-order valence-corrected chi connectivity index (χ0v) is 10.4. The van der Waals surface area contributed by atoms with Crippen LogP contribution in [0.15, 0.2) is 24.4 Å². The van der Waals surface area contributed by atoms with Crippen molar-refractivity contribution in [2.45, 2.75) is 27.7 Å². The molecule has 0 radical (unpaired) electrons. The van der Waals surface area contributed by atoms with Crippen LogP contribution in [0.3, 0.4) is 0 Å². The van der Waals surface area contributed by atoms with Crippen molar-refractivity contribution in [2.75, 3.05) is 0 Å². The molecule has 0 unspecified atom stereocenters.